The van der Waals surface area contributed by atoms with Crippen LogP contribution in [-0.4, -0.2) is 21.3 Å². The number of anilines is 1. The SMILES string of the molecule is COc1cc(NC(C)c2ccc(C)s2)cc(OC)c1OC. The van der Waals surface area contributed by atoms with Crippen LogP contribution in [0.25, 0.3) is 0 Å². The van der Waals surface area contributed by atoms with Gasteiger partial charge in [0.15, 0.2) is 11.5 Å². The monoisotopic (exact) mass is 307 g/mol. The van der Waals surface area contributed by atoms with Crippen molar-refractivity contribution in [3.05, 3.63) is 34.0 Å². The largest absolute Gasteiger partial charge is 0.493 e. The number of thiophene rings is 1. The lowest BCUT2D eigenvalue weighted by molar-refractivity contribution is 0.324. The van der Waals surface area contributed by atoms with Crippen LogP contribution >= 0.6 is 11.3 Å². The van der Waals surface area contributed by atoms with E-state index in [1.54, 1.807) is 32.7 Å². The molecule has 0 aliphatic heterocycles. The predicted molar refractivity (Wildman–Crippen MR) is 87.2 cm³/mol. The molecule has 1 N–H and O–H groups in total. The number of benzene rings is 1. The number of ether oxygens (including phenoxy) is 3. The average Bonchev–Trinajstić information content (AvgIpc) is 2.92. The van der Waals surface area contributed by atoms with E-state index in [1.165, 1.54) is 9.75 Å². The Bertz CT molecular complexity index is 584. The van der Waals surface area contributed by atoms with Gasteiger partial charge in [-0.3, -0.25) is 0 Å². The minimum absolute atomic E-state index is 0.214. The third-order valence-electron chi connectivity index (χ3n) is 3.24. The second kappa shape index (κ2) is 6.72. The number of aryl methyl sites for hydroxylation is 1. The van der Waals surface area contributed by atoms with Crippen LogP contribution < -0.4 is 19.5 Å². The fourth-order valence-electron chi connectivity index (χ4n) is 2.17. The molecule has 0 amide bonds. The summed E-state index contributed by atoms with van der Waals surface area (Å²) in [6.07, 6.45) is 0. The van der Waals surface area contributed by atoms with Gasteiger partial charge in [-0.05, 0) is 26.0 Å². The van der Waals surface area contributed by atoms with Gasteiger partial charge in [0.25, 0.3) is 0 Å². The first kappa shape index (κ1) is 15.5. The summed E-state index contributed by atoms with van der Waals surface area (Å²) in [7, 11) is 4.84. The fraction of sp³-hybridized carbons (Fsp3) is 0.375. The van der Waals surface area contributed by atoms with Crippen molar-refractivity contribution >= 4 is 17.0 Å². The van der Waals surface area contributed by atoms with E-state index < -0.39 is 0 Å². The van der Waals surface area contributed by atoms with Crippen LogP contribution in [0, 0.1) is 6.92 Å². The number of hydrogen-bond donors (Lipinski definition) is 1. The van der Waals surface area contributed by atoms with Crippen LogP contribution in [0.5, 0.6) is 17.2 Å². The highest BCUT2D eigenvalue weighted by molar-refractivity contribution is 7.12. The fourth-order valence-corrected chi connectivity index (χ4v) is 3.05. The highest BCUT2D eigenvalue weighted by Crippen LogP contribution is 2.40. The van der Waals surface area contributed by atoms with Gasteiger partial charge in [0.05, 0.1) is 27.4 Å². The molecule has 1 aromatic heterocycles. The molecule has 5 heteroatoms. The number of hydrogen-bond acceptors (Lipinski definition) is 5. The van der Waals surface area contributed by atoms with Gasteiger partial charge >= 0.3 is 0 Å². The minimum atomic E-state index is 0.214. The molecule has 0 aliphatic rings. The van der Waals surface area contributed by atoms with Crippen LogP contribution in [0.4, 0.5) is 5.69 Å². The third kappa shape index (κ3) is 3.42. The van der Waals surface area contributed by atoms with Gasteiger partial charge in [0, 0.05) is 27.6 Å². The number of methoxy groups -OCH3 is 3. The maximum atomic E-state index is 5.37. The van der Waals surface area contributed by atoms with Gasteiger partial charge in [0.2, 0.25) is 5.75 Å². The lowest BCUT2D eigenvalue weighted by Gasteiger charge is -2.18. The predicted octanol–water partition coefficient (Wildman–Crippen LogP) is 4.26. The summed E-state index contributed by atoms with van der Waals surface area (Å²) in [5.74, 6) is 1.90. The normalized spacial score (nSPS) is 11.9. The Balaban J connectivity index is 2.27. The Hall–Kier alpha value is -1.88. The second-order valence-electron chi connectivity index (χ2n) is 4.73. The van der Waals surface area contributed by atoms with E-state index in [0.717, 1.165) is 5.69 Å². The van der Waals surface area contributed by atoms with Crippen molar-refractivity contribution in [2.75, 3.05) is 26.6 Å². The average molecular weight is 307 g/mol. The first-order valence-corrected chi connectivity index (χ1v) is 7.53. The van der Waals surface area contributed by atoms with Crippen molar-refractivity contribution in [2.45, 2.75) is 19.9 Å². The van der Waals surface area contributed by atoms with Gasteiger partial charge in [0.1, 0.15) is 0 Å². The van der Waals surface area contributed by atoms with E-state index in [-0.39, 0.29) is 6.04 Å². The van der Waals surface area contributed by atoms with Crippen LogP contribution in [0.15, 0.2) is 24.3 Å². The molecule has 114 valence electrons. The van der Waals surface area contributed by atoms with Crippen LogP contribution in [0.1, 0.15) is 22.7 Å². The molecule has 0 fully saturated rings. The van der Waals surface area contributed by atoms with Crippen LogP contribution in [0.2, 0.25) is 0 Å². The standard InChI is InChI=1S/C16H21NO3S/c1-10-6-7-15(21-10)11(2)17-12-8-13(18-3)16(20-5)14(9-12)19-4/h6-9,11,17H,1-5H3. The summed E-state index contributed by atoms with van der Waals surface area (Å²) in [5, 5.41) is 3.47. The summed E-state index contributed by atoms with van der Waals surface area (Å²) < 4.78 is 16.1. The Morgan fingerprint density at radius 3 is 2.05 bits per heavy atom. The zero-order valence-electron chi connectivity index (χ0n) is 13.0. The number of nitrogens with one attached hydrogen (secondary N) is 1. The van der Waals surface area contributed by atoms with Crippen molar-refractivity contribution in [3.8, 4) is 17.2 Å². The molecule has 0 saturated heterocycles. The topological polar surface area (TPSA) is 39.7 Å². The summed E-state index contributed by atoms with van der Waals surface area (Å²) >= 11 is 1.79. The van der Waals surface area contributed by atoms with Crippen LogP contribution in [-0.2, 0) is 0 Å². The Kier molecular flexibility index (Phi) is 4.96. The van der Waals surface area contributed by atoms with Crippen LogP contribution in [0.3, 0.4) is 0 Å². The highest BCUT2D eigenvalue weighted by Gasteiger charge is 2.15. The second-order valence-corrected chi connectivity index (χ2v) is 6.05. The highest BCUT2D eigenvalue weighted by atomic mass is 32.1. The number of rotatable bonds is 6. The van der Waals surface area contributed by atoms with Crippen molar-refractivity contribution in [3.63, 3.8) is 0 Å². The van der Waals surface area contributed by atoms with E-state index in [2.05, 4.69) is 31.3 Å². The molecule has 0 bridgehead atoms. The van der Waals surface area contributed by atoms with Gasteiger partial charge in [-0.2, -0.15) is 0 Å². The molecule has 2 rings (SSSR count). The van der Waals surface area contributed by atoms with Gasteiger partial charge in [-0.25, -0.2) is 0 Å². The molecule has 2 aromatic rings. The molecule has 0 radical (unpaired) electrons. The smallest absolute Gasteiger partial charge is 0.203 e. The summed E-state index contributed by atoms with van der Waals surface area (Å²) in [6, 6.07) is 8.33. The first-order valence-electron chi connectivity index (χ1n) is 6.72. The molecule has 0 spiro atoms. The molecular formula is C16H21NO3S. The maximum Gasteiger partial charge on any atom is 0.203 e. The maximum absolute atomic E-state index is 5.37. The van der Waals surface area contributed by atoms with Crippen molar-refractivity contribution in [1.29, 1.82) is 0 Å². The Morgan fingerprint density at radius 2 is 1.62 bits per heavy atom. The summed E-state index contributed by atoms with van der Waals surface area (Å²) in [6.45, 7) is 4.24. The summed E-state index contributed by atoms with van der Waals surface area (Å²) in [4.78, 5) is 2.60. The summed E-state index contributed by atoms with van der Waals surface area (Å²) in [5.41, 5.74) is 0.933. The molecule has 4 nitrogen and oxygen atoms in total. The lowest BCUT2D eigenvalue weighted by Crippen LogP contribution is -2.06. The van der Waals surface area contributed by atoms with E-state index in [0.29, 0.717) is 17.2 Å². The quantitative estimate of drug-likeness (QED) is 0.866. The van der Waals surface area contributed by atoms with Gasteiger partial charge in [-0.15, -0.1) is 11.3 Å². The molecule has 1 aromatic carbocycles. The third-order valence-corrected chi connectivity index (χ3v) is 4.42. The molecule has 1 unspecified atom stereocenters. The van der Waals surface area contributed by atoms with E-state index in [9.17, 15) is 0 Å². The van der Waals surface area contributed by atoms with Gasteiger partial charge in [-0.1, -0.05) is 0 Å². The molecule has 21 heavy (non-hydrogen) atoms. The first-order chi connectivity index (χ1) is 10.1. The Labute approximate surface area is 129 Å². The van der Waals surface area contributed by atoms with E-state index in [1.807, 2.05) is 12.1 Å². The van der Waals surface area contributed by atoms with E-state index >= 15 is 0 Å². The zero-order chi connectivity index (χ0) is 15.4. The minimum Gasteiger partial charge on any atom is -0.493 e. The molecular weight excluding hydrogens is 286 g/mol. The van der Waals surface area contributed by atoms with Gasteiger partial charge < -0.3 is 19.5 Å². The van der Waals surface area contributed by atoms with E-state index in [4.69, 9.17) is 14.2 Å². The molecule has 0 aliphatic carbocycles. The van der Waals surface area contributed by atoms with Crippen molar-refractivity contribution < 1.29 is 14.2 Å². The molecule has 0 saturated carbocycles. The Morgan fingerprint density at radius 1 is 1.00 bits per heavy atom. The van der Waals surface area contributed by atoms with Crippen molar-refractivity contribution in [1.82, 2.24) is 0 Å². The molecule has 1 heterocycles. The molecule has 1 atom stereocenters. The van der Waals surface area contributed by atoms with Crippen molar-refractivity contribution in [2.24, 2.45) is 0 Å². The zero-order valence-corrected chi connectivity index (χ0v) is 13.8. The lowest BCUT2D eigenvalue weighted by atomic mass is 10.2.